The minimum atomic E-state index is -4.09. The maximum Gasteiger partial charge on any atom is 0.316 e. The second-order valence-corrected chi connectivity index (χ2v) is 9.48. The molecular formula is C24H21N3O6S. The number of sulfone groups is 1. The Morgan fingerprint density at radius 2 is 1.41 bits per heavy atom. The zero-order valence-corrected chi connectivity index (χ0v) is 19.4. The molecule has 0 atom stereocenters. The molecule has 3 aromatic carbocycles. The summed E-state index contributed by atoms with van der Waals surface area (Å²) in [6.07, 6.45) is 0. The molecular weight excluding hydrogens is 458 g/mol. The molecule has 0 aliphatic rings. The van der Waals surface area contributed by atoms with Gasteiger partial charge < -0.3 is 19.2 Å². The molecule has 4 rings (SSSR count). The summed E-state index contributed by atoms with van der Waals surface area (Å²) in [5.74, 6) is 0.00634. The SMILES string of the molecule is COc1ccc(C(=O)Nc2cc3c(cc2S(=O)(=O)c2ccccc2)n(C)c(=O)c(=O)n3C)cc1. The first-order valence-electron chi connectivity index (χ1n) is 10.1. The van der Waals surface area contributed by atoms with E-state index in [0.717, 1.165) is 9.13 Å². The van der Waals surface area contributed by atoms with Gasteiger partial charge in [-0.05, 0) is 48.5 Å². The monoisotopic (exact) mass is 479 g/mol. The highest BCUT2D eigenvalue weighted by Crippen LogP contribution is 2.31. The summed E-state index contributed by atoms with van der Waals surface area (Å²) in [4.78, 5) is 37.4. The van der Waals surface area contributed by atoms with Crippen LogP contribution in [0.5, 0.6) is 5.75 Å². The van der Waals surface area contributed by atoms with Gasteiger partial charge in [-0.2, -0.15) is 0 Å². The Labute approximate surface area is 194 Å². The molecule has 174 valence electrons. The van der Waals surface area contributed by atoms with Gasteiger partial charge in [-0.25, -0.2) is 8.42 Å². The average Bonchev–Trinajstić information content (AvgIpc) is 2.86. The minimum Gasteiger partial charge on any atom is -0.497 e. The Balaban J connectivity index is 1.96. The third-order valence-corrected chi connectivity index (χ3v) is 7.34. The lowest BCUT2D eigenvalue weighted by atomic mass is 10.2. The lowest BCUT2D eigenvalue weighted by molar-refractivity contribution is 0.102. The van der Waals surface area contributed by atoms with Crippen LogP contribution in [0.1, 0.15) is 10.4 Å². The van der Waals surface area contributed by atoms with Crippen molar-refractivity contribution in [1.82, 2.24) is 9.13 Å². The number of carbonyl (C=O) groups is 1. The Morgan fingerprint density at radius 3 is 1.97 bits per heavy atom. The summed E-state index contributed by atoms with van der Waals surface area (Å²) in [6, 6.07) is 16.7. The van der Waals surface area contributed by atoms with E-state index in [-0.39, 0.29) is 32.1 Å². The van der Waals surface area contributed by atoms with Gasteiger partial charge in [-0.1, -0.05) is 18.2 Å². The number of rotatable bonds is 5. The van der Waals surface area contributed by atoms with Gasteiger partial charge in [-0.3, -0.25) is 14.4 Å². The molecule has 0 unspecified atom stereocenters. The first kappa shape index (κ1) is 23.0. The number of anilines is 1. The van der Waals surface area contributed by atoms with Crippen LogP contribution < -0.4 is 21.2 Å². The second-order valence-electron chi connectivity index (χ2n) is 7.56. The number of ether oxygens (including phenoxy) is 1. The smallest absolute Gasteiger partial charge is 0.316 e. The number of benzene rings is 3. The van der Waals surface area contributed by atoms with Gasteiger partial charge in [0.05, 0.1) is 33.6 Å². The standard InChI is InChI=1S/C24H21N3O6S/c1-26-19-13-18(25-22(28)15-9-11-16(33-3)12-10-15)21(14-20(19)27(2)24(30)23(26)29)34(31,32)17-7-5-4-6-8-17/h4-14H,1-3H3,(H,25,28). The number of amides is 1. The molecule has 1 aromatic heterocycles. The zero-order chi connectivity index (χ0) is 24.6. The van der Waals surface area contributed by atoms with Crippen LogP contribution in [-0.2, 0) is 23.9 Å². The number of nitrogens with zero attached hydrogens (tertiary/aromatic N) is 2. The molecule has 9 nitrogen and oxygen atoms in total. The number of methoxy groups -OCH3 is 1. The number of fused-ring (bicyclic) bond motifs is 1. The van der Waals surface area contributed by atoms with Crippen LogP contribution in [0.3, 0.4) is 0 Å². The Bertz CT molecular complexity index is 1640. The van der Waals surface area contributed by atoms with Gasteiger partial charge in [0.25, 0.3) is 5.91 Å². The van der Waals surface area contributed by atoms with Gasteiger partial charge in [-0.15, -0.1) is 0 Å². The van der Waals surface area contributed by atoms with Gasteiger partial charge in [0, 0.05) is 19.7 Å². The van der Waals surface area contributed by atoms with Crippen LogP contribution >= 0.6 is 0 Å². The molecule has 0 bridgehead atoms. The molecule has 1 heterocycles. The van der Waals surface area contributed by atoms with Crippen LogP contribution in [0, 0.1) is 0 Å². The molecule has 4 aromatic rings. The topological polar surface area (TPSA) is 116 Å². The van der Waals surface area contributed by atoms with Crippen LogP contribution in [0.2, 0.25) is 0 Å². The van der Waals surface area contributed by atoms with Gasteiger partial charge >= 0.3 is 11.1 Å². The fourth-order valence-corrected chi connectivity index (χ4v) is 5.02. The molecule has 1 N–H and O–H groups in total. The van der Waals surface area contributed by atoms with Crippen molar-refractivity contribution in [2.45, 2.75) is 9.79 Å². The van der Waals surface area contributed by atoms with Crippen molar-refractivity contribution in [3.8, 4) is 5.75 Å². The predicted octanol–water partition coefficient (Wildman–Crippen LogP) is 2.33. The van der Waals surface area contributed by atoms with E-state index in [1.54, 1.807) is 42.5 Å². The van der Waals surface area contributed by atoms with Gasteiger partial charge in [0.1, 0.15) is 5.75 Å². The maximum absolute atomic E-state index is 13.5. The molecule has 0 aliphatic heterocycles. The number of hydrogen-bond donors (Lipinski definition) is 1. The summed E-state index contributed by atoms with van der Waals surface area (Å²) < 4.78 is 34.4. The lowest BCUT2D eigenvalue weighted by Crippen LogP contribution is -2.39. The highest BCUT2D eigenvalue weighted by atomic mass is 32.2. The Hall–Kier alpha value is -4.18. The summed E-state index contributed by atoms with van der Waals surface area (Å²) in [5.41, 5.74) is -0.813. The first-order chi connectivity index (χ1) is 16.1. The molecule has 10 heteroatoms. The number of aryl methyl sites for hydroxylation is 2. The number of hydrogen-bond acceptors (Lipinski definition) is 6. The lowest BCUT2D eigenvalue weighted by Gasteiger charge is -2.16. The van der Waals surface area contributed by atoms with Gasteiger partial charge in [0.15, 0.2) is 0 Å². The van der Waals surface area contributed by atoms with E-state index in [9.17, 15) is 22.8 Å². The van der Waals surface area contributed by atoms with E-state index < -0.39 is 26.9 Å². The zero-order valence-electron chi connectivity index (χ0n) is 18.6. The second kappa shape index (κ2) is 8.64. The van der Waals surface area contributed by atoms with Crippen LogP contribution in [0.4, 0.5) is 5.69 Å². The first-order valence-corrected chi connectivity index (χ1v) is 11.6. The molecule has 34 heavy (non-hydrogen) atoms. The van der Waals surface area contributed by atoms with Crippen molar-refractivity contribution in [2.75, 3.05) is 12.4 Å². The predicted molar refractivity (Wildman–Crippen MR) is 127 cm³/mol. The van der Waals surface area contributed by atoms with Crippen LogP contribution in [-0.4, -0.2) is 30.6 Å². The molecule has 0 aliphatic carbocycles. The number of aromatic nitrogens is 2. The number of carbonyl (C=O) groups excluding carboxylic acids is 1. The summed E-state index contributed by atoms with van der Waals surface area (Å²) in [6.45, 7) is 0. The Morgan fingerprint density at radius 1 is 0.853 bits per heavy atom. The molecule has 0 saturated carbocycles. The third kappa shape index (κ3) is 3.88. The average molecular weight is 480 g/mol. The normalized spacial score (nSPS) is 11.4. The summed E-state index contributed by atoms with van der Waals surface area (Å²) in [7, 11) is 0.212. The Kier molecular flexibility index (Phi) is 5.84. The van der Waals surface area contributed by atoms with E-state index in [1.165, 1.54) is 45.5 Å². The highest BCUT2D eigenvalue weighted by Gasteiger charge is 2.25. The number of nitrogens with one attached hydrogen (secondary N) is 1. The maximum atomic E-state index is 13.5. The highest BCUT2D eigenvalue weighted by molar-refractivity contribution is 7.91. The fraction of sp³-hybridized carbons (Fsp3) is 0.125. The van der Waals surface area contributed by atoms with Crippen molar-refractivity contribution < 1.29 is 17.9 Å². The molecule has 0 saturated heterocycles. The minimum absolute atomic E-state index is 0.0177. The molecule has 0 spiro atoms. The summed E-state index contributed by atoms with van der Waals surface area (Å²) >= 11 is 0. The van der Waals surface area contributed by atoms with Crippen molar-refractivity contribution in [3.05, 3.63) is 93.0 Å². The van der Waals surface area contributed by atoms with Crippen molar-refractivity contribution >= 4 is 32.5 Å². The van der Waals surface area contributed by atoms with E-state index >= 15 is 0 Å². The van der Waals surface area contributed by atoms with Crippen LogP contribution in [0.25, 0.3) is 11.0 Å². The van der Waals surface area contributed by atoms with Crippen molar-refractivity contribution in [3.63, 3.8) is 0 Å². The van der Waals surface area contributed by atoms with E-state index in [0.29, 0.717) is 5.75 Å². The van der Waals surface area contributed by atoms with E-state index in [4.69, 9.17) is 4.74 Å². The van der Waals surface area contributed by atoms with Crippen molar-refractivity contribution in [1.29, 1.82) is 0 Å². The van der Waals surface area contributed by atoms with Crippen molar-refractivity contribution in [2.24, 2.45) is 14.1 Å². The fourth-order valence-electron chi connectivity index (χ4n) is 3.58. The molecule has 0 fully saturated rings. The van der Waals surface area contributed by atoms with E-state index in [1.807, 2.05) is 0 Å². The summed E-state index contributed by atoms with van der Waals surface area (Å²) in [5, 5.41) is 2.65. The third-order valence-electron chi connectivity index (χ3n) is 5.54. The largest absolute Gasteiger partial charge is 0.497 e. The quantitative estimate of drug-likeness (QED) is 0.439. The molecule has 0 radical (unpaired) electrons. The van der Waals surface area contributed by atoms with E-state index in [2.05, 4.69) is 5.32 Å². The van der Waals surface area contributed by atoms with Gasteiger partial charge in [0.2, 0.25) is 9.84 Å². The molecule has 1 amide bonds. The van der Waals surface area contributed by atoms with Crippen LogP contribution in [0.15, 0.2) is 86.1 Å².